The van der Waals surface area contributed by atoms with Gasteiger partial charge in [-0.1, -0.05) is 24.3 Å². The molecule has 3 fully saturated rings. The number of amides is 1. The number of hydrogen-bond donors (Lipinski definition) is 2. The summed E-state index contributed by atoms with van der Waals surface area (Å²) in [7, 11) is 0. The number of pyridine rings is 1. The molecule has 1 aromatic heterocycles. The molecular formula is C27H29FN2O4. The van der Waals surface area contributed by atoms with Crippen molar-refractivity contribution in [1.29, 1.82) is 0 Å². The standard InChI is InChI=1S/C27H29FN2O4/c1-15-25-23(10-7-20-6-5-17(14-29-20)16-3-2-4-19(28)11-16)22-9-8-21(30-27(32)33)12-18(22)13-24(25)26(31)34-15/h2-7,10-11,14-15,18,21-25,30H,8-9,12-13H2,1H3,(H,32,33)/b10-7+/t15-,18?,21-,22-,23+,24-,25+/m1/s1. The number of hydrogen-bond acceptors (Lipinski definition) is 4. The number of carbonyl (C=O) groups excluding carboxylic acids is 1. The molecule has 5 rings (SSSR count). The van der Waals surface area contributed by atoms with E-state index in [9.17, 15) is 14.0 Å². The van der Waals surface area contributed by atoms with Crippen LogP contribution in [0.5, 0.6) is 0 Å². The molecule has 1 unspecified atom stereocenters. The van der Waals surface area contributed by atoms with E-state index in [4.69, 9.17) is 9.84 Å². The summed E-state index contributed by atoms with van der Waals surface area (Å²) in [6.45, 7) is 1.98. The van der Waals surface area contributed by atoms with Crippen LogP contribution in [-0.2, 0) is 9.53 Å². The fourth-order valence-electron chi connectivity index (χ4n) is 6.47. The first-order valence-corrected chi connectivity index (χ1v) is 12.0. The van der Waals surface area contributed by atoms with Crippen LogP contribution in [0.2, 0.25) is 0 Å². The Bertz CT molecular complexity index is 1100. The summed E-state index contributed by atoms with van der Waals surface area (Å²) in [6.07, 6.45) is 8.06. The van der Waals surface area contributed by atoms with Gasteiger partial charge in [-0.25, -0.2) is 9.18 Å². The lowest BCUT2D eigenvalue weighted by atomic mass is 9.57. The Morgan fingerprint density at radius 2 is 2.06 bits per heavy atom. The highest BCUT2D eigenvalue weighted by atomic mass is 19.1. The zero-order valence-electron chi connectivity index (χ0n) is 19.1. The summed E-state index contributed by atoms with van der Waals surface area (Å²) >= 11 is 0. The summed E-state index contributed by atoms with van der Waals surface area (Å²) in [6, 6.07) is 10.2. The maximum Gasteiger partial charge on any atom is 0.404 e. The Kier molecular flexibility index (Phi) is 6.11. The van der Waals surface area contributed by atoms with Gasteiger partial charge in [-0.3, -0.25) is 9.78 Å². The van der Waals surface area contributed by atoms with Crippen molar-refractivity contribution >= 4 is 18.1 Å². The third-order valence-corrected chi connectivity index (χ3v) is 7.91. The summed E-state index contributed by atoms with van der Waals surface area (Å²) in [5.74, 6) is 0.411. The van der Waals surface area contributed by atoms with E-state index in [0.29, 0.717) is 5.92 Å². The lowest BCUT2D eigenvalue weighted by Gasteiger charge is -2.47. The second kappa shape index (κ2) is 9.20. The van der Waals surface area contributed by atoms with E-state index in [2.05, 4.69) is 16.4 Å². The number of carboxylic acid groups (broad SMARTS) is 1. The molecule has 0 radical (unpaired) electrons. The van der Waals surface area contributed by atoms with E-state index >= 15 is 0 Å². The monoisotopic (exact) mass is 464 g/mol. The van der Waals surface area contributed by atoms with Gasteiger partial charge in [0.25, 0.3) is 0 Å². The van der Waals surface area contributed by atoms with Crippen LogP contribution in [0.1, 0.15) is 38.3 Å². The molecule has 2 aromatic rings. The van der Waals surface area contributed by atoms with Crippen molar-refractivity contribution in [1.82, 2.24) is 10.3 Å². The Hall–Kier alpha value is -3.22. The number of rotatable bonds is 4. The van der Waals surface area contributed by atoms with Gasteiger partial charge in [0.1, 0.15) is 11.9 Å². The molecule has 6 nitrogen and oxygen atoms in total. The second-order valence-electron chi connectivity index (χ2n) is 9.86. The number of halogens is 1. The van der Waals surface area contributed by atoms with E-state index < -0.39 is 6.09 Å². The van der Waals surface area contributed by atoms with Crippen LogP contribution in [0.15, 0.2) is 48.7 Å². The molecule has 34 heavy (non-hydrogen) atoms. The normalized spacial score (nSPS) is 32.6. The second-order valence-corrected chi connectivity index (χ2v) is 9.86. The maximum atomic E-state index is 13.5. The first kappa shape index (κ1) is 22.6. The fourth-order valence-corrected chi connectivity index (χ4v) is 6.47. The first-order chi connectivity index (χ1) is 16.4. The molecule has 3 aliphatic rings. The van der Waals surface area contributed by atoms with Crippen molar-refractivity contribution < 1.29 is 23.8 Å². The fraction of sp³-hybridized carbons (Fsp3) is 0.444. The molecule has 2 saturated carbocycles. The van der Waals surface area contributed by atoms with Crippen LogP contribution in [0.4, 0.5) is 9.18 Å². The Labute approximate surface area is 198 Å². The average Bonchev–Trinajstić information content (AvgIpc) is 3.09. The lowest BCUT2D eigenvalue weighted by molar-refractivity contribution is -0.144. The largest absolute Gasteiger partial charge is 0.465 e. The number of nitrogens with zero attached hydrogens (tertiary/aromatic N) is 1. The van der Waals surface area contributed by atoms with Gasteiger partial charge >= 0.3 is 12.1 Å². The molecule has 178 valence electrons. The van der Waals surface area contributed by atoms with Gasteiger partial charge in [0.05, 0.1) is 11.6 Å². The van der Waals surface area contributed by atoms with Gasteiger partial charge in [0.2, 0.25) is 0 Å². The number of nitrogens with one attached hydrogen (secondary N) is 1. The number of ether oxygens (including phenoxy) is 1. The average molecular weight is 465 g/mol. The predicted molar refractivity (Wildman–Crippen MR) is 125 cm³/mol. The van der Waals surface area contributed by atoms with E-state index in [0.717, 1.165) is 42.5 Å². The SMILES string of the molecule is C[C@H]1OC(=O)[C@@H]2CC3C[C@H](NC(=O)O)CC[C@H]3[C@H](/C=C/c3ccc(-c4cccc(F)c4)cn3)[C@H]12. The van der Waals surface area contributed by atoms with Crippen LogP contribution in [0, 0.1) is 35.4 Å². The highest BCUT2D eigenvalue weighted by molar-refractivity contribution is 5.75. The quantitative estimate of drug-likeness (QED) is 0.611. The van der Waals surface area contributed by atoms with E-state index in [-0.39, 0.29) is 47.6 Å². The number of esters is 1. The third-order valence-electron chi connectivity index (χ3n) is 7.91. The molecular weight excluding hydrogens is 435 g/mol. The molecule has 1 saturated heterocycles. The summed E-state index contributed by atoms with van der Waals surface area (Å²) < 4.78 is 19.2. The molecule has 2 N–H and O–H groups in total. The van der Waals surface area contributed by atoms with Crippen LogP contribution in [0.3, 0.4) is 0 Å². The number of allylic oxidation sites excluding steroid dienone is 1. The third kappa shape index (κ3) is 4.43. The van der Waals surface area contributed by atoms with Crippen molar-refractivity contribution in [3.63, 3.8) is 0 Å². The van der Waals surface area contributed by atoms with Crippen molar-refractivity contribution in [2.75, 3.05) is 0 Å². The molecule has 7 atom stereocenters. The van der Waals surface area contributed by atoms with Crippen molar-refractivity contribution in [2.24, 2.45) is 29.6 Å². The highest BCUT2D eigenvalue weighted by Gasteiger charge is 2.54. The first-order valence-electron chi connectivity index (χ1n) is 12.0. The van der Waals surface area contributed by atoms with Crippen LogP contribution in [0.25, 0.3) is 17.2 Å². The number of aromatic nitrogens is 1. The molecule has 2 aliphatic carbocycles. The molecule has 0 spiro atoms. The van der Waals surface area contributed by atoms with Crippen LogP contribution >= 0.6 is 0 Å². The number of fused-ring (bicyclic) bond motifs is 2. The van der Waals surface area contributed by atoms with Crippen LogP contribution < -0.4 is 5.32 Å². The number of benzene rings is 1. The Morgan fingerprint density at radius 3 is 2.79 bits per heavy atom. The van der Waals surface area contributed by atoms with Crippen molar-refractivity contribution in [3.8, 4) is 11.1 Å². The Morgan fingerprint density at radius 1 is 1.21 bits per heavy atom. The van der Waals surface area contributed by atoms with E-state index in [1.807, 2.05) is 31.2 Å². The number of carbonyl (C=O) groups is 2. The van der Waals surface area contributed by atoms with Gasteiger partial charge in [-0.05, 0) is 80.2 Å². The Balaban J connectivity index is 1.37. The van der Waals surface area contributed by atoms with Crippen molar-refractivity contribution in [3.05, 3.63) is 60.2 Å². The minimum absolute atomic E-state index is 0.0631. The molecule has 2 heterocycles. The predicted octanol–water partition coefficient (Wildman–Crippen LogP) is 5.15. The summed E-state index contributed by atoms with van der Waals surface area (Å²) in [5, 5.41) is 11.8. The van der Waals surface area contributed by atoms with Gasteiger partial charge in [0, 0.05) is 23.7 Å². The maximum absolute atomic E-state index is 13.5. The minimum atomic E-state index is -0.991. The van der Waals surface area contributed by atoms with Gasteiger partial charge in [0.15, 0.2) is 0 Å². The molecule has 1 aromatic carbocycles. The summed E-state index contributed by atoms with van der Waals surface area (Å²) in [4.78, 5) is 28.3. The van der Waals surface area contributed by atoms with Gasteiger partial charge in [-0.2, -0.15) is 0 Å². The number of cyclic esters (lactones) is 1. The highest BCUT2D eigenvalue weighted by Crippen LogP contribution is 2.53. The minimum Gasteiger partial charge on any atom is -0.465 e. The molecule has 7 heteroatoms. The zero-order chi connectivity index (χ0) is 23.8. The zero-order valence-corrected chi connectivity index (χ0v) is 19.1. The van der Waals surface area contributed by atoms with Crippen molar-refractivity contribution in [2.45, 2.75) is 44.8 Å². The van der Waals surface area contributed by atoms with Gasteiger partial charge < -0.3 is 15.2 Å². The lowest BCUT2D eigenvalue weighted by Crippen LogP contribution is -2.48. The smallest absolute Gasteiger partial charge is 0.404 e. The topological polar surface area (TPSA) is 88.5 Å². The molecule has 1 amide bonds. The summed E-state index contributed by atoms with van der Waals surface area (Å²) in [5.41, 5.74) is 2.43. The van der Waals surface area contributed by atoms with E-state index in [1.165, 1.54) is 12.1 Å². The molecule has 1 aliphatic heterocycles. The van der Waals surface area contributed by atoms with Crippen LogP contribution in [-0.4, -0.2) is 34.3 Å². The molecule has 0 bridgehead atoms. The van der Waals surface area contributed by atoms with Gasteiger partial charge in [-0.15, -0.1) is 0 Å². The van der Waals surface area contributed by atoms with E-state index in [1.54, 1.807) is 12.3 Å².